The van der Waals surface area contributed by atoms with Crippen LogP contribution in [0.2, 0.25) is 0 Å². The second-order valence-electron chi connectivity index (χ2n) is 5.49. The molecule has 1 saturated heterocycles. The van der Waals surface area contributed by atoms with E-state index in [0.717, 1.165) is 18.8 Å². The van der Waals surface area contributed by atoms with Crippen molar-refractivity contribution in [2.75, 3.05) is 34.8 Å². The lowest BCUT2D eigenvalue weighted by Gasteiger charge is -2.28. The maximum Gasteiger partial charge on any atom is 0.239 e. The number of carbonyl (C=O) groups is 1. The lowest BCUT2D eigenvalue weighted by molar-refractivity contribution is -0.113. The number of sulfone groups is 1. The van der Waals surface area contributed by atoms with Gasteiger partial charge in [0, 0.05) is 24.5 Å². The summed E-state index contributed by atoms with van der Waals surface area (Å²) >= 11 is 0. The van der Waals surface area contributed by atoms with Crippen LogP contribution in [0.15, 0.2) is 36.9 Å². The molecule has 0 spiro atoms. The number of hydrogen-bond acceptors (Lipinski definition) is 4. The van der Waals surface area contributed by atoms with Gasteiger partial charge in [0.2, 0.25) is 5.91 Å². The van der Waals surface area contributed by atoms with E-state index in [0.29, 0.717) is 5.69 Å². The van der Waals surface area contributed by atoms with Gasteiger partial charge in [0.05, 0.1) is 5.75 Å². The smallest absolute Gasteiger partial charge is 0.239 e. The number of piperidine rings is 1. The van der Waals surface area contributed by atoms with Crippen LogP contribution in [-0.4, -0.2) is 38.9 Å². The van der Waals surface area contributed by atoms with Gasteiger partial charge in [-0.3, -0.25) is 4.79 Å². The fraction of sp³-hybridized carbons (Fsp3) is 0.438. The zero-order valence-electron chi connectivity index (χ0n) is 12.6. The monoisotopic (exact) mass is 322 g/mol. The van der Waals surface area contributed by atoms with Crippen molar-refractivity contribution in [2.45, 2.75) is 19.3 Å². The molecule has 0 atom stereocenters. The lowest BCUT2D eigenvalue weighted by atomic mass is 10.1. The molecule has 1 aliphatic heterocycles. The highest BCUT2D eigenvalue weighted by Gasteiger charge is 2.15. The summed E-state index contributed by atoms with van der Waals surface area (Å²) in [5.74, 6) is -1.23. The maximum atomic E-state index is 11.8. The van der Waals surface area contributed by atoms with Gasteiger partial charge in [0.25, 0.3) is 0 Å². The van der Waals surface area contributed by atoms with E-state index in [2.05, 4.69) is 16.8 Å². The van der Waals surface area contributed by atoms with Crippen LogP contribution in [0.4, 0.5) is 11.4 Å². The second kappa shape index (κ2) is 7.45. The molecule has 6 heteroatoms. The van der Waals surface area contributed by atoms with Crippen molar-refractivity contribution < 1.29 is 13.2 Å². The van der Waals surface area contributed by atoms with E-state index in [1.807, 2.05) is 24.3 Å². The van der Waals surface area contributed by atoms with Gasteiger partial charge in [-0.25, -0.2) is 8.42 Å². The number of carbonyl (C=O) groups excluding carboxylic acids is 1. The van der Waals surface area contributed by atoms with E-state index in [-0.39, 0.29) is 5.75 Å². The van der Waals surface area contributed by atoms with Crippen molar-refractivity contribution in [3.8, 4) is 0 Å². The number of rotatable bonds is 6. The summed E-state index contributed by atoms with van der Waals surface area (Å²) in [4.78, 5) is 14.1. The molecule has 1 fully saturated rings. The van der Waals surface area contributed by atoms with Crippen molar-refractivity contribution in [3.05, 3.63) is 36.9 Å². The number of anilines is 2. The Hall–Kier alpha value is -1.82. The summed E-state index contributed by atoms with van der Waals surface area (Å²) in [5, 5.41) is 2.62. The normalized spacial score (nSPS) is 15.4. The third-order valence-electron chi connectivity index (χ3n) is 3.60. The zero-order chi connectivity index (χ0) is 16.0. The Labute approximate surface area is 131 Å². The first kappa shape index (κ1) is 16.5. The fourth-order valence-corrected chi connectivity index (χ4v) is 3.49. The van der Waals surface area contributed by atoms with E-state index in [1.54, 1.807) is 0 Å². The summed E-state index contributed by atoms with van der Waals surface area (Å²) in [6.07, 6.45) is 4.99. The standard InChI is InChI=1S/C16H22N2O3S/c1-2-12-22(20,21)13-16(19)17-14-6-8-15(9-7-14)18-10-4-3-5-11-18/h2,6-9H,1,3-5,10-13H2,(H,17,19). The van der Waals surface area contributed by atoms with Crippen molar-refractivity contribution in [1.29, 1.82) is 0 Å². The third kappa shape index (κ3) is 4.87. The van der Waals surface area contributed by atoms with Crippen LogP contribution in [0.25, 0.3) is 0 Å². The third-order valence-corrected chi connectivity index (χ3v) is 5.04. The first-order chi connectivity index (χ1) is 10.5. The lowest BCUT2D eigenvalue weighted by Crippen LogP contribution is -2.29. The summed E-state index contributed by atoms with van der Waals surface area (Å²) in [5.41, 5.74) is 1.75. The molecule has 0 aliphatic carbocycles. The fourth-order valence-electron chi connectivity index (χ4n) is 2.54. The Kier molecular flexibility index (Phi) is 5.60. The largest absolute Gasteiger partial charge is 0.372 e. The Morgan fingerprint density at radius 1 is 1.18 bits per heavy atom. The molecule has 0 bridgehead atoms. The van der Waals surface area contributed by atoms with Gasteiger partial charge in [-0.1, -0.05) is 6.08 Å². The molecule has 1 aliphatic rings. The molecule has 0 unspecified atom stereocenters. The van der Waals surface area contributed by atoms with Crippen molar-refractivity contribution in [2.24, 2.45) is 0 Å². The van der Waals surface area contributed by atoms with Gasteiger partial charge in [-0.05, 0) is 43.5 Å². The predicted octanol–water partition coefficient (Wildman–Crippen LogP) is 2.22. The average Bonchev–Trinajstić information content (AvgIpc) is 2.48. The van der Waals surface area contributed by atoms with Crippen molar-refractivity contribution in [1.82, 2.24) is 0 Å². The molecular formula is C16H22N2O3S. The molecule has 0 radical (unpaired) electrons. The molecule has 2 rings (SSSR count). The molecule has 1 heterocycles. The minimum Gasteiger partial charge on any atom is -0.372 e. The van der Waals surface area contributed by atoms with E-state index in [1.165, 1.54) is 25.3 Å². The van der Waals surface area contributed by atoms with Crippen LogP contribution < -0.4 is 10.2 Å². The molecule has 120 valence electrons. The molecule has 0 aromatic heterocycles. The Morgan fingerprint density at radius 3 is 2.41 bits per heavy atom. The quantitative estimate of drug-likeness (QED) is 0.816. The molecule has 1 amide bonds. The molecule has 1 N–H and O–H groups in total. The summed E-state index contributed by atoms with van der Waals surface area (Å²) in [6, 6.07) is 7.53. The topological polar surface area (TPSA) is 66.5 Å². The summed E-state index contributed by atoms with van der Waals surface area (Å²) in [6.45, 7) is 5.50. The highest BCUT2D eigenvalue weighted by molar-refractivity contribution is 7.92. The highest BCUT2D eigenvalue weighted by atomic mass is 32.2. The van der Waals surface area contributed by atoms with E-state index in [9.17, 15) is 13.2 Å². The Bertz CT molecular complexity index is 617. The number of benzene rings is 1. The average molecular weight is 322 g/mol. The summed E-state index contributed by atoms with van der Waals surface area (Å²) in [7, 11) is -3.41. The van der Waals surface area contributed by atoms with Crippen LogP contribution in [0.5, 0.6) is 0 Å². The SMILES string of the molecule is C=CCS(=O)(=O)CC(=O)Nc1ccc(N2CCCCC2)cc1. The number of hydrogen-bond donors (Lipinski definition) is 1. The van der Waals surface area contributed by atoms with E-state index < -0.39 is 21.5 Å². The van der Waals surface area contributed by atoms with E-state index >= 15 is 0 Å². The van der Waals surface area contributed by atoms with Crippen LogP contribution in [0.1, 0.15) is 19.3 Å². The second-order valence-corrected chi connectivity index (χ2v) is 7.60. The number of nitrogens with zero attached hydrogens (tertiary/aromatic N) is 1. The molecule has 0 saturated carbocycles. The maximum absolute atomic E-state index is 11.8. The van der Waals surface area contributed by atoms with E-state index in [4.69, 9.17) is 0 Å². The first-order valence-corrected chi connectivity index (χ1v) is 9.28. The van der Waals surface area contributed by atoms with Crippen molar-refractivity contribution in [3.63, 3.8) is 0 Å². The predicted molar refractivity (Wildman–Crippen MR) is 90.0 cm³/mol. The van der Waals surface area contributed by atoms with Gasteiger partial charge in [0.15, 0.2) is 9.84 Å². The van der Waals surface area contributed by atoms with Gasteiger partial charge in [-0.2, -0.15) is 0 Å². The van der Waals surface area contributed by atoms with Crippen LogP contribution in [0.3, 0.4) is 0 Å². The number of nitrogens with one attached hydrogen (secondary N) is 1. The minimum atomic E-state index is -3.41. The van der Waals surface area contributed by atoms with Crippen molar-refractivity contribution >= 4 is 27.1 Å². The first-order valence-electron chi connectivity index (χ1n) is 7.46. The Balaban J connectivity index is 1.93. The van der Waals surface area contributed by atoms with Gasteiger partial charge >= 0.3 is 0 Å². The van der Waals surface area contributed by atoms with Crippen LogP contribution in [-0.2, 0) is 14.6 Å². The molecule has 1 aromatic rings. The van der Waals surface area contributed by atoms with Gasteiger partial charge in [0.1, 0.15) is 5.75 Å². The Morgan fingerprint density at radius 2 is 1.82 bits per heavy atom. The van der Waals surface area contributed by atoms with Crippen LogP contribution >= 0.6 is 0 Å². The molecule has 22 heavy (non-hydrogen) atoms. The molecular weight excluding hydrogens is 300 g/mol. The minimum absolute atomic E-state index is 0.186. The van der Waals surface area contributed by atoms with Crippen LogP contribution in [0, 0.1) is 0 Å². The zero-order valence-corrected chi connectivity index (χ0v) is 13.4. The van der Waals surface area contributed by atoms with Gasteiger partial charge in [-0.15, -0.1) is 6.58 Å². The van der Waals surface area contributed by atoms with Gasteiger partial charge < -0.3 is 10.2 Å². The number of amides is 1. The molecule has 1 aromatic carbocycles. The molecule has 5 nitrogen and oxygen atoms in total. The summed E-state index contributed by atoms with van der Waals surface area (Å²) < 4.78 is 23.1. The highest BCUT2D eigenvalue weighted by Crippen LogP contribution is 2.21.